The maximum atomic E-state index is 11.4. The molecule has 1 aromatic rings. The number of anilines is 1. The summed E-state index contributed by atoms with van der Waals surface area (Å²) in [7, 11) is 1.41. The summed E-state index contributed by atoms with van der Waals surface area (Å²) in [6, 6.07) is 6.12. The third kappa shape index (κ3) is 1.35. The Hall–Kier alpha value is -1.51. The molecule has 74 valence electrons. The first kappa shape index (κ1) is 9.06. The van der Waals surface area contributed by atoms with E-state index in [0.29, 0.717) is 0 Å². The van der Waals surface area contributed by atoms with Crippen molar-refractivity contribution in [3.8, 4) is 0 Å². The SMILES string of the molecule is COC(=O)N1CCc2cc(C)ccc21. The second kappa shape index (κ2) is 3.33. The molecule has 1 aliphatic heterocycles. The lowest BCUT2D eigenvalue weighted by molar-refractivity contribution is 0.179. The van der Waals surface area contributed by atoms with Gasteiger partial charge in [0.1, 0.15) is 0 Å². The van der Waals surface area contributed by atoms with E-state index in [-0.39, 0.29) is 6.09 Å². The van der Waals surface area contributed by atoms with E-state index in [1.165, 1.54) is 18.2 Å². The molecule has 1 heterocycles. The van der Waals surface area contributed by atoms with Gasteiger partial charge in [-0.1, -0.05) is 17.7 Å². The molecule has 3 heteroatoms. The maximum Gasteiger partial charge on any atom is 0.414 e. The van der Waals surface area contributed by atoms with Gasteiger partial charge in [-0.15, -0.1) is 0 Å². The lowest BCUT2D eigenvalue weighted by Gasteiger charge is -2.15. The summed E-state index contributed by atoms with van der Waals surface area (Å²) in [4.78, 5) is 13.0. The van der Waals surface area contributed by atoms with Gasteiger partial charge in [0.15, 0.2) is 0 Å². The van der Waals surface area contributed by atoms with Crippen molar-refractivity contribution >= 4 is 11.8 Å². The van der Waals surface area contributed by atoms with Crippen LogP contribution in [-0.4, -0.2) is 19.7 Å². The molecule has 0 saturated heterocycles. The molecule has 0 aromatic heterocycles. The number of rotatable bonds is 0. The van der Waals surface area contributed by atoms with E-state index in [2.05, 4.69) is 13.0 Å². The maximum absolute atomic E-state index is 11.4. The monoisotopic (exact) mass is 191 g/mol. The van der Waals surface area contributed by atoms with Crippen molar-refractivity contribution in [1.29, 1.82) is 0 Å². The van der Waals surface area contributed by atoms with E-state index < -0.39 is 0 Å². The van der Waals surface area contributed by atoms with Crippen LogP contribution >= 0.6 is 0 Å². The number of ether oxygens (including phenoxy) is 1. The molecule has 0 unspecified atom stereocenters. The first-order valence-electron chi connectivity index (χ1n) is 4.67. The minimum atomic E-state index is -0.271. The van der Waals surface area contributed by atoms with Crippen molar-refractivity contribution in [1.82, 2.24) is 0 Å². The van der Waals surface area contributed by atoms with Gasteiger partial charge in [-0.2, -0.15) is 0 Å². The zero-order valence-electron chi connectivity index (χ0n) is 8.41. The Labute approximate surface area is 83.3 Å². The zero-order valence-corrected chi connectivity index (χ0v) is 8.41. The zero-order chi connectivity index (χ0) is 10.1. The Morgan fingerprint density at radius 2 is 2.29 bits per heavy atom. The molecule has 2 rings (SSSR count). The van der Waals surface area contributed by atoms with Gasteiger partial charge < -0.3 is 4.74 Å². The third-order valence-corrected chi connectivity index (χ3v) is 2.53. The molecule has 3 nitrogen and oxygen atoms in total. The van der Waals surface area contributed by atoms with Crippen LogP contribution in [-0.2, 0) is 11.2 Å². The highest BCUT2D eigenvalue weighted by molar-refractivity contribution is 5.90. The molecule has 0 spiro atoms. The third-order valence-electron chi connectivity index (χ3n) is 2.53. The standard InChI is InChI=1S/C11H13NO2/c1-8-3-4-10-9(7-8)5-6-12(10)11(13)14-2/h3-4,7H,5-6H2,1-2H3. The number of methoxy groups -OCH3 is 1. The molecular weight excluding hydrogens is 178 g/mol. The van der Waals surface area contributed by atoms with Crippen LogP contribution in [0.25, 0.3) is 0 Å². The van der Waals surface area contributed by atoms with Crippen LogP contribution in [0.15, 0.2) is 18.2 Å². The van der Waals surface area contributed by atoms with Crippen LogP contribution in [0.5, 0.6) is 0 Å². The van der Waals surface area contributed by atoms with Crippen molar-refractivity contribution in [3.63, 3.8) is 0 Å². The number of carbonyl (C=O) groups excluding carboxylic acids is 1. The molecule has 0 saturated carbocycles. The summed E-state index contributed by atoms with van der Waals surface area (Å²) in [6.45, 7) is 2.78. The topological polar surface area (TPSA) is 29.5 Å². The van der Waals surface area contributed by atoms with E-state index in [9.17, 15) is 4.79 Å². The molecule has 14 heavy (non-hydrogen) atoms. The van der Waals surface area contributed by atoms with Crippen molar-refractivity contribution < 1.29 is 9.53 Å². The van der Waals surface area contributed by atoms with E-state index >= 15 is 0 Å². The van der Waals surface area contributed by atoms with Gasteiger partial charge in [0.05, 0.1) is 12.8 Å². The van der Waals surface area contributed by atoms with E-state index in [0.717, 1.165) is 18.7 Å². The Bertz CT molecular complexity index is 374. The summed E-state index contributed by atoms with van der Waals surface area (Å²) in [5, 5.41) is 0. The van der Waals surface area contributed by atoms with E-state index in [1.54, 1.807) is 4.90 Å². The first-order chi connectivity index (χ1) is 6.72. The molecule has 1 amide bonds. The largest absolute Gasteiger partial charge is 0.452 e. The van der Waals surface area contributed by atoms with Gasteiger partial charge in [0, 0.05) is 6.54 Å². The summed E-state index contributed by atoms with van der Waals surface area (Å²) >= 11 is 0. The van der Waals surface area contributed by atoms with Crippen molar-refractivity contribution in [2.45, 2.75) is 13.3 Å². The van der Waals surface area contributed by atoms with Crippen molar-refractivity contribution in [2.75, 3.05) is 18.6 Å². The van der Waals surface area contributed by atoms with Crippen LogP contribution in [0.1, 0.15) is 11.1 Å². The van der Waals surface area contributed by atoms with Gasteiger partial charge in [0.2, 0.25) is 0 Å². The molecule has 0 fully saturated rings. The average Bonchev–Trinajstić information content (AvgIpc) is 2.59. The number of carbonyl (C=O) groups is 1. The second-order valence-corrected chi connectivity index (χ2v) is 3.50. The van der Waals surface area contributed by atoms with Gasteiger partial charge in [0.25, 0.3) is 0 Å². The first-order valence-corrected chi connectivity index (χ1v) is 4.67. The fourth-order valence-corrected chi connectivity index (χ4v) is 1.83. The minimum absolute atomic E-state index is 0.271. The Morgan fingerprint density at radius 3 is 3.00 bits per heavy atom. The summed E-state index contributed by atoms with van der Waals surface area (Å²) in [5.74, 6) is 0. The fraction of sp³-hybridized carbons (Fsp3) is 0.364. The van der Waals surface area contributed by atoms with Crippen LogP contribution in [0.4, 0.5) is 10.5 Å². The molecule has 0 aliphatic carbocycles. The summed E-state index contributed by atoms with van der Waals surface area (Å²) in [6.07, 6.45) is 0.652. The molecule has 0 atom stereocenters. The molecule has 0 radical (unpaired) electrons. The smallest absolute Gasteiger partial charge is 0.414 e. The quantitative estimate of drug-likeness (QED) is 0.628. The van der Waals surface area contributed by atoms with Crippen LogP contribution in [0.3, 0.4) is 0 Å². The Morgan fingerprint density at radius 1 is 1.50 bits per heavy atom. The normalized spacial score (nSPS) is 14.0. The second-order valence-electron chi connectivity index (χ2n) is 3.50. The minimum Gasteiger partial charge on any atom is -0.452 e. The predicted molar refractivity (Wildman–Crippen MR) is 54.6 cm³/mol. The number of aryl methyl sites for hydroxylation is 1. The Kier molecular flexibility index (Phi) is 2.15. The van der Waals surface area contributed by atoms with Crippen LogP contribution in [0, 0.1) is 6.92 Å². The van der Waals surface area contributed by atoms with Crippen LogP contribution in [0.2, 0.25) is 0 Å². The predicted octanol–water partition coefficient (Wildman–Crippen LogP) is 2.12. The highest BCUT2D eigenvalue weighted by atomic mass is 16.5. The number of nitrogens with zero attached hydrogens (tertiary/aromatic N) is 1. The van der Waals surface area contributed by atoms with Gasteiger partial charge in [-0.05, 0) is 25.0 Å². The number of benzene rings is 1. The number of amides is 1. The lowest BCUT2D eigenvalue weighted by Crippen LogP contribution is -2.28. The van der Waals surface area contributed by atoms with Gasteiger partial charge >= 0.3 is 6.09 Å². The molecule has 0 N–H and O–H groups in total. The highest BCUT2D eigenvalue weighted by Crippen LogP contribution is 2.28. The number of hydrogen-bond donors (Lipinski definition) is 0. The van der Waals surface area contributed by atoms with E-state index in [1.807, 2.05) is 12.1 Å². The number of fused-ring (bicyclic) bond motifs is 1. The van der Waals surface area contributed by atoms with Gasteiger partial charge in [-0.25, -0.2) is 4.79 Å². The van der Waals surface area contributed by atoms with Crippen molar-refractivity contribution in [3.05, 3.63) is 29.3 Å². The molecule has 0 bridgehead atoms. The van der Waals surface area contributed by atoms with Crippen molar-refractivity contribution in [2.24, 2.45) is 0 Å². The lowest BCUT2D eigenvalue weighted by atomic mass is 10.1. The van der Waals surface area contributed by atoms with Crippen LogP contribution < -0.4 is 4.90 Å². The Balaban J connectivity index is 2.35. The van der Waals surface area contributed by atoms with E-state index in [4.69, 9.17) is 4.74 Å². The highest BCUT2D eigenvalue weighted by Gasteiger charge is 2.24. The molecule has 1 aliphatic rings. The fourth-order valence-electron chi connectivity index (χ4n) is 1.83. The molecular formula is C11H13NO2. The number of hydrogen-bond acceptors (Lipinski definition) is 2. The average molecular weight is 191 g/mol. The molecule has 1 aromatic carbocycles. The van der Waals surface area contributed by atoms with Gasteiger partial charge in [-0.3, -0.25) is 4.90 Å². The summed E-state index contributed by atoms with van der Waals surface area (Å²) in [5.41, 5.74) is 3.45. The summed E-state index contributed by atoms with van der Waals surface area (Å²) < 4.78 is 4.71.